The largest absolute Gasteiger partial charge is 0.316 e. The molecule has 0 saturated heterocycles. The van der Waals surface area contributed by atoms with Crippen LogP contribution < -0.4 is 5.32 Å². The highest BCUT2D eigenvalue weighted by Crippen LogP contribution is 2.32. The summed E-state index contributed by atoms with van der Waals surface area (Å²) < 4.78 is 13.3. The molecule has 1 nitrogen and oxygen atoms in total. The van der Waals surface area contributed by atoms with Gasteiger partial charge < -0.3 is 5.32 Å². The molecule has 2 rings (SSSR count). The van der Waals surface area contributed by atoms with Crippen LogP contribution >= 0.6 is 0 Å². The minimum Gasteiger partial charge on any atom is -0.316 e. The molecule has 0 aromatic heterocycles. The second-order valence-electron chi connectivity index (χ2n) is 6.69. The lowest BCUT2D eigenvalue weighted by molar-refractivity contribution is 0.226. The average Bonchev–Trinajstić information content (AvgIpc) is 2.40. The molecule has 0 radical (unpaired) electrons. The lowest BCUT2D eigenvalue weighted by Gasteiger charge is -2.32. The van der Waals surface area contributed by atoms with Crippen molar-refractivity contribution in [1.82, 2.24) is 5.32 Å². The first kappa shape index (κ1) is 15.5. The standard InChI is InChI=1S/C18H28FN/c1-14(2)12-20-13-17-8-4-3-7-16(17)10-15-6-5-9-18(19)11-15/h5-6,9,11,14,16-17,20H,3-4,7-8,10,12-13H2,1-2H3. The minimum absolute atomic E-state index is 0.104. The maximum absolute atomic E-state index is 13.3. The van der Waals surface area contributed by atoms with E-state index in [1.165, 1.54) is 31.7 Å². The Morgan fingerprint density at radius 2 is 1.95 bits per heavy atom. The molecule has 1 aromatic rings. The van der Waals surface area contributed by atoms with E-state index < -0.39 is 0 Å². The predicted molar refractivity (Wildman–Crippen MR) is 83.3 cm³/mol. The van der Waals surface area contributed by atoms with Gasteiger partial charge in [-0.25, -0.2) is 4.39 Å². The van der Waals surface area contributed by atoms with Gasteiger partial charge in [-0.3, -0.25) is 0 Å². The third kappa shape index (κ3) is 4.90. The van der Waals surface area contributed by atoms with E-state index in [1.54, 1.807) is 6.07 Å². The van der Waals surface area contributed by atoms with E-state index in [1.807, 2.05) is 6.07 Å². The number of nitrogens with one attached hydrogen (secondary N) is 1. The Hall–Kier alpha value is -0.890. The first-order valence-electron chi connectivity index (χ1n) is 8.10. The molecular formula is C18H28FN. The molecule has 2 unspecified atom stereocenters. The average molecular weight is 277 g/mol. The Balaban J connectivity index is 1.89. The van der Waals surface area contributed by atoms with Crippen molar-refractivity contribution in [1.29, 1.82) is 0 Å². The van der Waals surface area contributed by atoms with E-state index >= 15 is 0 Å². The van der Waals surface area contributed by atoms with Crippen LogP contribution in [-0.2, 0) is 6.42 Å². The van der Waals surface area contributed by atoms with Crippen LogP contribution in [0.5, 0.6) is 0 Å². The van der Waals surface area contributed by atoms with Crippen LogP contribution in [0, 0.1) is 23.6 Å². The lowest BCUT2D eigenvalue weighted by atomic mass is 9.76. The molecule has 2 heteroatoms. The topological polar surface area (TPSA) is 12.0 Å². The van der Waals surface area contributed by atoms with Gasteiger partial charge >= 0.3 is 0 Å². The van der Waals surface area contributed by atoms with Crippen LogP contribution in [-0.4, -0.2) is 13.1 Å². The van der Waals surface area contributed by atoms with Gasteiger partial charge in [0, 0.05) is 0 Å². The highest BCUT2D eigenvalue weighted by Gasteiger charge is 2.25. The molecule has 1 N–H and O–H groups in total. The molecule has 0 amide bonds. The third-order valence-electron chi connectivity index (χ3n) is 4.41. The summed E-state index contributed by atoms with van der Waals surface area (Å²) in [5.41, 5.74) is 1.16. The van der Waals surface area contributed by atoms with Crippen molar-refractivity contribution in [2.24, 2.45) is 17.8 Å². The molecule has 0 heterocycles. The third-order valence-corrected chi connectivity index (χ3v) is 4.41. The zero-order valence-electron chi connectivity index (χ0n) is 12.9. The Bertz CT molecular complexity index is 402. The normalized spacial score (nSPS) is 23.2. The molecule has 20 heavy (non-hydrogen) atoms. The molecule has 112 valence electrons. The summed E-state index contributed by atoms with van der Waals surface area (Å²) in [4.78, 5) is 0. The Labute approximate surface area is 123 Å². The van der Waals surface area contributed by atoms with Crippen LogP contribution in [0.25, 0.3) is 0 Å². The van der Waals surface area contributed by atoms with Gasteiger partial charge in [-0.1, -0.05) is 38.8 Å². The number of rotatable bonds is 6. The van der Waals surface area contributed by atoms with E-state index in [4.69, 9.17) is 0 Å². The van der Waals surface area contributed by atoms with Gasteiger partial charge in [-0.05, 0) is 67.8 Å². The number of halogens is 1. The molecular weight excluding hydrogens is 249 g/mol. The Morgan fingerprint density at radius 3 is 2.65 bits per heavy atom. The molecule has 0 aliphatic heterocycles. The van der Waals surface area contributed by atoms with E-state index in [-0.39, 0.29) is 5.82 Å². The zero-order chi connectivity index (χ0) is 14.4. The Morgan fingerprint density at radius 1 is 1.20 bits per heavy atom. The maximum atomic E-state index is 13.3. The summed E-state index contributed by atoms with van der Waals surface area (Å²) in [5, 5.41) is 3.61. The van der Waals surface area contributed by atoms with Crippen molar-refractivity contribution in [3.05, 3.63) is 35.6 Å². The first-order chi connectivity index (χ1) is 9.65. The first-order valence-corrected chi connectivity index (χ1v) is 8.10. The molecule has 2 atom stereocenters. The fraction of sp³-hybridized carbons (Fsp3) is 0.667. The number of hydrogen-bond donors (Lipinski definition) is 1. The number of benzene rings is 1. The smallest absolute Gasteiger partial charge is 0.123 e. The summed E-state index contributed by atoms with van der Waals surface area (Å²) >= 11 is 0. The lowest BCUT2D eigenvalue weighted by Crippen LogP contribution is -2.33. The van der Waals surface area contributed by atoms with Gasteiger partial charge in [0.1, 0.15) is 5.82 Å². The second-order valence-corrected chi connectivity index (χ2v) is 6.69. The molecule has 1 aromatic carbocycles. The quantitative estimate of drug-likeness (QED) is 0.811. The summed E-state index contributed by atoms with van der Waals surface area (Å²) in [5.74, 6) is 2.07. The predicted octanol–water partition coefficient (Wildman–Crippen LogP) is 4.42. The second kappa shape index (κ2) is 7.78. The highest BCUT2D eigenvalue weighted by molar-refractivity contribution is 5.17. The van der Waals surface area contributed by atoms with Gasteiger partial charge in [0.2, 0.25) is 0 Å². The van der Waals surface area contributed by atoms with Gasteiger partial charge in [0.05, 0.1) is 0 Å². The van der Waals surface area contributed by atoms with Gasteiger partial charge in [-0.15, -0.1) is 0 Å². The van der Waals surface area contributed by atoms with Crippen LogP contribution in [0.15, 0.2) is 24.3 Å². The summed E-state index contributed by atoms with van der Waals surface area (Å²) in [6.07, 6.45) is 6.34. The van der Waals surface area contributed by atoms with E-state index in [0.29, 0.717) is 11.8 Å². The SMILES string of the molecule is CC(C)CNCC1CCCCC1Cc1cccc(F)c1. The maximum Gasteiger partial charge on any atom is 0.123 e. The molecule has 0 bridgehead atoms. The Kier molecular flexibility index (Phi) is 6.03. The van der Waals surface area contributed by atoms with Crippen molar-refractivity contribution >= 4 is 0 Å². The summed E-state index contributed by atoms with van der Waals surface area (Å²) in [7, 11) is 0. The van der Waals surface area contributed by atoms with Crippen LogP contribution in [0.1, 0.15) is 45.1 Å². The van der Waals surface area contributed by atoms with Crippen LogP contribution in [0.2, 0.25) is 0 Å². The summed E-state index contributed by atoms with van der Waals surface area (Å²) in [6.45, 7) is 6.72. The van der Waals surface area contributed by atoms with Gasteiger partial charge in [0.25, 0.3) is 0 Å². The van der Waals surface area contributed by atoms with Crippen molar-refractivity contribution in [3.63, 3.8) is 0 Å². The highest BCUT2D eigenvalue weighted by atomic mass is 19.1. The zero-order valence-corrected chi connectivity index (χ0v) is 12.9. The van der Waals surface area contributed by atoms with Crippen LogP contribution in [0.4, 0.5) is 4.39 Å². The molecule has 1 fully saturated rings. The monoisotopic (exact) mass is 277 g/mol. The van der Waals surface area contributed by atoms with E-state index in [2.05, 4.69) is 25.2 Å². The summed E-state index contributed by atoms with van der Waals surface area (Å²) in [6, 6.07) is 7.13. The fourth-order valence-electron chi connectivity index (χ4n) is 3.35. The van der Waals surface area contributed by atoms with Crippen molar-refractivity contribution in [2.75, 3.05) is 13.1 Å². The van der Waals surface area contributed by atoms with Crippen LogP contribution in [0.3, 0.4) is 0 Å². The minimum atomic E-state index is -0.104. The van der Waals surface area contributed by atoms with Crippen molar-refractivity contribution < 1.29 is 4.39 Å². The van der Waals surface area contributed by atoms with Crippen molar-refractivity contribution in [2.45, 2.75) is 46.0 Å². The molecule has 0 spiro atoms. The molecule has 1 aliphatic carbocycles. The van der Waals surface area contributed by atoms with Gasteiger partial charge in [0.15, 0.2) is 0 Å². The fourth-order valence-corrected chi connectivity index (χ4v) is 3.35. The van der Waals surface area contributed by atoms with Gasteiger partial charge in [-0.2, -0.15) is 0 Å². The van der Waals surface area contributed by atoms with Crippen molar-refractivity contribution in [3.8, 4) is 0 Å². The molecule has 1 saturated carbocycles. The van der Waals surface area contributed by atoms with E-state index in [9.17, 15) is 4.39 Å². The van der Waals surface area contributed by atoms with E-state index in [0.717, 1.165) is 31.0 Å². The molecule has 1 aliphatic rings. The number of hydrogen-bond acceptors (Lipinski definition) is 1.